The van der Waals surface area contributed by atoms with E-state index in [2.05, 4.69) is 14.2 Å². The molecule has 3 heteroatoms. The average molecular weight is 180 g/mol. The molecule has 0 amide bonds. The lowest BCUT2D eigenvalue weighted by Crippen LogP contribution is -1.83. The lowest BCUT2D eigenvalue weighted by Gasteiger charge is -1.70. The van der Waals surface area contributed by atoms with Crippen LogP contribution in [-0.2, 0) is 0 Å². The van der Waals surface area contributed by atoms with Gasteiger partial charge >= 0.3 is 0 Å². The third kappa shape index (κ3) is 2.10. The summed E-state index contributed by atoms with van der Waals surface area (Å²) in [7, 11) is 2.56. The van der Waals surface area contributed by atoms with Crippen molar-refractivity contribution in [2.45, 2.75) is 0 Å². The molecule has 1 nitrogen and oxygen atoms in total. The molecule has 0 radical (unpaired) electrons. The van der Waals surface area contributed by atoms with Gasteiger partial charge in [-0.3, -0.25) is 0 Å². The molecule has 0 aliphatic heterocycles. The molecule has 0 aromatic carbocycles. The van der Waals surface area contributed by atoms with Gasteiger partial charge in [0.15, 0.2) is 0 Å². The fraction of sp³-hybridized carbons (Fsp3) is 0. The molecule has 7 heavy (non-hydrogen) atoms. The van der Waals surface area contributed by atoms with E-state index in [0.29, 0.717) is 0 Å². The number of H-pyrrole nitrogens is 1. The average Bonchev–Trinajstić information content (AvgIpc) is 1.86. The lowest BCUT2D eigenvalue weighted by molar-refractivity contribution is 1.48. The van der Waals surface area contributed by atoms with Crippen molar-refractivity contribution in [3.63, 3.8) is 0 Å². The van der Waals surface area contributed by atoms with Crippen LogP contribution in [0.15, 0.2) is 18.3 Å². The Morgan fingerprint density at radius 2 is 2.29 bits per heavy atom. The quantitative estimate of drug-likeness (QED) is 0.575. The van der Waals surface area contributed by atoms with Gasteiger partial charge in [-0.25, -0.2) is 0 Å². The van der Waals surface area contributed by atoms with Crippen LogP contribution in [0, 0.1) is 0 Å². The highest BCUT2D eigenvalue weighted by molar-refractivity contribution is 8.93. The fourth-order valence-corrected chi connectivity index (χ4v) is 0.552. The molecule has 1 unspecified atom stereocenters. The predicted octanol–water partition coefficient (Wildman–Crippen LogP) is 1.09. The summed E-state index contributed by atoms with van der Waals surface area (Å²) in [4.78, 5) is 2.96. The van der Waals surface area contributed by atoms with Crippen LogP contribution in [0.3, 0.4) is 0 Å². The van der Waals surface area contributed by atoms with Crippen molar-refractivity contribution in [2.75, 3.05) is 0 Å². The number of aromatic amines is 1. The van der Waals surface area contributed by atoms with Crippen molar-refractivity contribution >= 4 is 31.7 Å². The van der Waals surface area contributed by atoms with E-state index in [1.165, 1.54) is 0 Å². The molecule has 1 aromatic heterocycles. The van der Waals surface area contributed by atoms with Gasteiger partial charge in [0.05, 0.1) is 0 Å². The van der Waals surface area contributed by atoms with E-state index in [4.69, 9.17) is 0 Å². The SMILES string of the molecule is Br.Pc1ccc[nH]1. The summed E-state index contributed by atoms with van der Waals surface area (Å²) in [6, 6.07) is 3.95. The number of hydrogen-bond donors (Lipinski definition) is 1. The van der Waals surface area contributed by atoms with E-state index in [-0.39, 0.29) is 17.0 Å². The summed E-state index contributed by atoms with van der Waals surface area (Å²) in [5.74, 6) is 0. The van der Waals surface area contributed by atoms with E-state index in [1.807, 2.05) is 18.3 Å². The largest absolute Gasteiger partial charge is 0.362 e. The Balaban J connectivity index is 0.000000360. The molecule has 0 saturated heterocycles. The van der Waals surface area contributed by atoms with E-state index in [0.717, 1.165) is 5.44 Å². The van der Waals surface area contributed by atoms with Crippen molar-refractivity contribution in [3.8, 4) is 0 Å². The first kappa shape index (κ1) is 7.19. The highest BCUT2D eigenvalue weighted by Crippen LogP contribution is 1.80. The number of aromatic nitrogens is 1. The molecule has 0 bridgehead atoms. The highest BCUT2D eigenvalue weighted by Gasteiger charge is 1.72. The molecule has 0 aliphatic carbocycles. The molecular formula is C4H7BrNP. The van der Waals surface area contributed by atoms with Gasteiger partial charge in [0.25, 0.3) is 0 Å². The Labute approximate surface area is 55.5 Å². The molecular weight excluding hydrogens is 173 g/mol. The first-order valence-electron chi connectivity index (χ1n) is 1.78. The minimum absolute atomic E-state index is 0. The maximum absolute atomic E-state index is 2.96. The van der Waals surface area contributed by atoms with E-state index < -0.39 is 0 Å². The predicted molar refractivity (Wildman–Crippen MR) is 40.5 cm³/mol. The second-order valence-corrected chi connectivity index (χ2v) is 1.75. The zero-order valence-electron chi connectivity index (χ0n) is 3.72. The van der Waals surface area contributed by atoms with Crippen molar-refractivity contribution < 1.29 is 0 Å². The van der Waals surface area contributed by atoms with Gasteiger partial charge in [0.1, 0.15) is 0 Å². The van der Waals surface area contributed by atoms with Gasteiger partial charge < -0.3 is 4.98 Å². The van der Waals surface area contributed by atoms with Crippen molar-refractivity contribution in [3.05, 3.63) is 18.3 Å². The molecule has 40 valence electrons. The summed E-state index contributed by atoms with van der Waals surface area (Å²) in [6.45, 7) is 0. The second kappa shape index (κ2) is 3.23. The van der Waals surface area contributed by atoms with Crippen LogP contribution < -0.4 is 5.44 Å². The summed E-state index contributed by atoms with van der Waals surface area (Å²) in [5.41, 5.74) is 1.13. The van der Waals surface area contributed by atoms with Crippen LogP contribution in [-0.4, -0.2) is 4.98 Å². The number of rotatable bonds is 0. The Hall–Kier alpha value is 0.190. The number of nitrogens with one attached hydrogen (secondary N) is 1. The van der Waals surface area contributed by atoms with Gasteiger partial charge in [-0.15, -0.1) is 17.0 Å². The molecule has 1 aromatic rings. The molecule has 0 aliphatic rings. The third-order valence-electron chi connectivity index (χ3n) is 0.622. The first-order valence-corrected chi connectivity index (χ1v) is 2.36. The normalized spacial score (nSPS) is 7.57. The Kier molecular flexibility index (Phi) is 3.31. The van der Waals surface area contributed by atoms with Crippen LogP contribution in [0.25, 0.3) is 0 Å². The minimum Gasteiger partial charge on any atom is -0.362 e. The van der Waals surface area contributed by atoms with Gasteiger partial charge in [0, 0.05) is 11.6 Å². The maximum atomic E-state index is 2.96. The third-order valence-corrected chi connectivity index (χ3v) is 0.981. The van der Waals surface area contributed by atoms with E-state index in [9.17, 15) is 0 Å². The molecule has 0 saturated carbocycles. The van der Waals surface area contributed by atoms with Crippen LogP contribution in [0.4, 0.5) is 0 Å². The molecule has 1 atom stereocenters. The van der Waals surface area contributed by atoms with Crippen LogP contribution >= 0.6 is 26.2 Å². The summed E-state index contributed by atoms with van der Waals surface area (Å²) >= 11 is 0. The summed E-state index contributed by atoms with van der Waals surface area (Å²) < 4.78 is 0. The topological polar surface area (TPSA) is 15.8 Å². The van der Waals surface area contributed by atoms with E-state index >= 15 is 0 Å². The van der Waals surface area contributed by atoms with Gasteiger partial charge in [-0.1, -0.05) is 9.24 Å². The second-order valence-electron chi connectivity index (χ2n) is 1.13. The minimum atomic E-state index is 0. The van der Waals surface area contributed by atoms with Gasteiger partial charge in [0.2, 0.25) is 0 Å². The van der Waals surface area contributed by atoms with Crippen molar-refractivity contribution in [1.82, 2.24) is 4.98 Å². The Morgan fingerprint density at radius 1 is 1.57 bits per heavy atom. The maximum Gasteiger partial charge on any atom is 0.0320 e. The molecule has 1 rings (SSSR count). The zero-order valence-corrected chi connectivity index (χ0v) is 6.59. The van der Waals surface area contributed by atoms with Crippen molar-refractivity contribution in [1.29, 1.82) is 0 Å². The molecule has 0 fully saturated rings. The Morgan fingerprint density at radius 3 is 2.43 bits per heavy atom. The van der Waals surface area contributed by atoms with Crippen LogP contribution in [0.1, 0.15) is 0 Å². The standard InChI is InChI=1S/C4H6NP.BrH/c6-4-2-1-3-5-4;/h1-3,5H,6H2;1H. The lowest BCUT2D eigenvalue weighted by atomic mass is 10.7. The molecule has 1 heterocycles. The van der Waals surface area contributed by atoms with Gasteiger partial charge in [-0.05, 0) is 12.1 Å². The number of hydrogen-bond acceptors (Lipinski definition) is 0. The van der Waals surface area contributed by atoms with Crippen LogP contribution in [0.5, 0.6) is 0 Å². The summed E-state index contributed by atoms with van der Waals surface area (Å²) in [6.07, 6.45) is 1.89. The zero-order chi connectivity index (χ0) is 4.41. The fourth-order valence-electron chi connectivity index (χ4n) is 0.344. The molecule has 0 spiro atoms. The summed E-state index contributed by atoms with van der Waals surface area (Å²) in [5, 5.41) is 0. The van der Waals surface area contributed by atoms with Gasteiger partial charge in [-0.2, -0.15) is 0 Å². The van der Waals surface area contributed by atoms with Crippen LogP contribution in [0.2, 0.25) is 0 Å². The monoisotopic (exact) mass is 179 g/mol. The first-order chi connectivity index (χ1) is 2.89. The Bertz CT molecular complexity index is 115. The highest BCUT2D eigenvalue weighted by atomic mass is 79.9. The smallest absolute Gasteiger partial charge is 0.0320 e. The van der Waals surface area contributed by atoms with E-state index in [1.54, 1.807) is 0 Å². The number of halogens is 1. The van der Waals surface area contributed by atoms with Crippen molar-refractivity contribution in [2.24, 2.45) is 0 Å². The molecule has 1 N–H and O–H groups in total.